The van der Waals surface area contributed by atoms with Crippen molar-refractivity contribution in [3.8, 4) is 0 Å². The fraction of sp³-hybridized carbons (Fsp3) is 0.450. The third kappa shape index (κ3) is 9.57. The summed E-state index contributed by atoms with van der Waals surface area (Å²) in [6, 6.07) is 9.66. The largest absolute Gasteiger partial charge is 0.359 e. The van der Waals surface area contributed by atoms with Gasteiger partial charge in [0.2, 0.25) is 5.91 Å². The molecule has 2 N–H and O–H groups in total. The number of aromatic nitrogens is 1. The predicted molar refractivity (Wildman–Crippen MR) is 134 cm³/mol. The molecule has 0 bridgehead atoms. The molecule has 0 saturated carbocycles. The number of hydrogen-bond donors (Lipinski definition) is 2. The standard InChI is InChI=1S/C20H28ClN5O2S.HI/c1-14(2)18-11-16(28-25-18)12-23-20(24-13-19(27)26(3)4)22-9-10-29-17-7-5-15(21)6-8-17;/h5-8,11,14H,9-10,12-13H2,1-4H3,(H2,22,23,24);1H. The molecule has 0 saturated heterocycles. The molecule has 2 aromatic rings. The van der Waals surface area contributed by atoms with E-state index in [2.05, 4.69) is 34.6 Å². The van der Waals surface area contributed by atoms with Crippen LogP contribution in [0.3, 0.4) is 0 Å². The number of guanidine groups is 1. The fourth-order valence-corrected chi connectivity index (χ4v) is 3.08. The van der Waals surface area contributed by atoms with E-state index in [4.69, 9.17) is 16.1 Å². The highest BCUT2D eigenvalue weighted by Gasteiger charge is 2.09. The average molecular weight is 566 g/mol. The van der Waals surface area contributed by atoms with Gasteiger partial charge in [0, 0.05) is 42.4 Å². The Hall–Kier alpha value is -1.46. The minimum absolute atomic E-state index is 0. The second-order valence-electron chi connectivity index (χ2n) is 6.91. The molecule has 7 nitrogen and oxygen atoms in total. The number of nitrogens with zero attached hydrogens (tertiary/aromatic N) is 3. The topological polar surface area (TPSA) is 82.8 Å². The van der Waals surface area contributed by atoms with Crippen LogP contribution in [0.5, 0.6) is 0 Å². The van der Waals surface area contributed by atoms with Gasteiger partial charge in [0.15, 0.2) is 11.7 Å². The molecule has 0 unspecified atom stereocenters. The first-order valence-corrected chi connectivity index (χ1v) is 10.8. The van der Waals surface area contributed by atoms with E-state index in [0.29, 0.717) is 25.0 Å². The quantitative estimate of drug-likeness (QED) is 0.157. The van der Waals surface area contributed by atoms with Gasteiger partial charge in [-0.3, -0.25) is 4.79 Å². The number of thioether (sulfide) groups is 1. The lowest BCUT2D eigenvalue weighted by Gasteiger charge is -2.13. The molecule has 0 spiro atoms. The third-order valence-electron chi connectivity index (χ3n) is 3.95. The van der Waals surface area contributed by atoms with Crippen molar-refractivity contribution in [2.45, 2.75) is 31.2 Å². The first-order chi connectivity index (χ1) is 13.8. The van der Waals surface area contributed by atoms with Gasteiger partial charge in [-0.25, -0.2) is 4.99 Å². The number of amides is 1. The number of halogens is 2. The first kappa shape index (κ1) is 26.6. The van der Waals surface area contributed by atoms with Crippen LogP contribution in [0.15, 0.2) is 44.7 Å². The summed E-state index contributed by atoms with van der Waals surface area (Å²) in [4.78, 5) is 18.9. The van der Waals surface area contributed by atoms with Gasteiger partial charge in [-0.05, 0) is 30.2 Å². The van der Waals surface area contributed by atoms with Gasteiger partial charge in [-0.2, -0.15) is 0 Å². The van der Waals surface area contributed by atoms with Crippen molar-refractivity contribution >= 4 is 59.2 Å². The number of hydrogen-bond acceptors (Lipinski definition) is 5. The summed E-state index contributed by atoms with van der Waals surface area (Å²) in [5.41, 5.74) is 0.912. The summed E-state index contributed by atoms with van der Waals surface area (Å²) in [7, 11) is 3.42. The third-order valence-corrected chi connectivity index (χ3v) is 5.21. The first-order valence-electron chi connectivity index (χ1n) is 9.41. The highest BCUT2D eigenvalue weighted by atomic mass is 127. The molecule has 2 rings (SSSR count). The number of rotatable bonds is 9. The minimum Gasteiger partial charge on any atom is -0.359 e. The van der Waals surface area contributed by atoms with Crippen LogP contribution < -0.4 is 10.6 Å². The maximum Gasteiger partial charge on any atom is 0.243 e. The Morgan fingerprint density at radius 2 is 1.97 bits per heavy atom. The van der Waals surface area contributed by atoms with Gasteiger partial charge >= 0.3 is 0 Å². The molecule has 1 heterocycles. The van der Waals surface area contributed by atoms with Crippen molar-refractivity contribution in [2.75, 3.05) is 32.9 Å². The lowest BCUT2D eigenvalue weighted by atomic mass is 10.1. The molecule has 0 fully saturated rings. The maximum atomic E-state index is 11.9. The molecule has 1 aromatic carbocycles. The molecule has 1 aromatic heterocycles. The number of carbonyl (C=O) groups is 1. The van der Waals surface area contributed by atoms with E-state index in [1.54, 1.807) is 25.9 Å². The molecule has 10 heteroatoms. The molecular formula is C20H29ClIN5O2S. The summed E-state index contributed by atoms with van der Waals surface area (Å²) in [6.07, 6.45) is 0. The van der Waals surface area contributed by atoms with Gasteiger partial charge in [0.05, 0.1) is 12.2 Å². The molecule has 0 aliphatic carbocycles. The maximum absolute atomic E-state index is 11.9. The second kappa shape index (κ2) is 13.8. The Morgan fingerprint density at radius 3 is 2.57 bits per heavy atom. The second-order valence-corrected chi connectivity index (χ2v) is 8.51. The Kier molecular flexibility index (Phi) is 12.2. The highest BCUT2D eigenvalue weighted by Crippen LogP contribution is 2.19. The van der Waals surface area contributed by atoms with E-state index < -0.39 is 0 Å². The Labute approximate surface area is 204 Å². The van der Waals surface area contributed by atoms with Crippen molar-refractivity contribution in [1.82, 2.24) is 20.7 Å². The van der Waals surface area contributed by atoms with Crippen LogP contribution in [-0.2, 0) is 11.3 Å². The van der Waals surface area contributed by atoms with Crippen LogP contribution in [0.25, 0.3) is 0 Å². The van der Waals surface area contributed by atoms with Crippen molar-refractivity contribution in [2.24, 2.45) is 4.99 Å². The zero-order valence-corrected chi connectivity index (χ0v) is 21.5. The summed E-state index contributed by atoms with van der Waals surface area (Å²) < 4.78 is 5.35. The van der Waals surface area contributed by atoms with Crippen LogP contribution in [-0.4, -0.2) is 54.9 Å². The number of benzene rings is 1. The smallest absolute Gasteiger partial charge is 0.243 e. The Morgan fingerprint density at radius 1 is 1.27 bits per heavy atom. The molecule has 1 amide bonds. The SMILES string of the molecule is CC(C)c1cc(CNC(=NCC(=O)N(C)C)NCCSc2ccc(Cl)cc2)on1.I. The zero-order valence-electron chi connectivity index (χ0n) is 17.6. The molecule has 30 heavy (non-hydrogen) atoms. The van der Waals surface area contributed by atoms with E-state index in [-0.39, 0.29) is 36.4 Å². The Balaban J connectivity index is 0.00000450. The fourth-order valence-electron chi connectivity index (χ4n) is 2.19. The molecule has 0 atom stereocenters. The average Bonchev–Trinajstić information content (AvgIpc) is 3.17. The number of nitrogens with one attached hydrogen (secondary N) is 2. The van der Waals surface area contributed by atoms with Crippen LogP contribution in [0, 0.1) is 0 Å². The van der Waals surface area contributed by atoms with E-state index in [0.717, 1.165) is 27.1 Å². The molecule has 0 aliphatic rings. The van der Waals surface area contributed by atoms with Crippen molar-refractivity contribution in [3.05, 3.63) is 46.8 Å². The van der Waals surface area contributed by atoms with E-state index in [1.165, 1.54) is 4.90 Å². The van der Waals surface area contributed by atoms with Crippen LogP contribution in [0.2, 0.25) is 5.02 Å². The zero-order chi connectivity index (χ0) is 21.2. The normalized spacial score (nSPS) is 11.2. The monoisotopic (exact) mass is 565 g/mol. The number of carbonyl (C=O) groups excluding carboxylic acids is 1. The van der Waals surface area contributed by atoms with Crippen molar-refractivity contribution in [1.29, 1.82) is 0 Å². The van der Waals surface area contributed by atoms with E-state index >= 15 is 0 Å². The van der Waals surface area contributed by atoms with Gasteiger partial charge < -0.3 is 20.1 Å². The molecule has 0 aliphatic heterocycles. The predicted octanol–water partition coefficient (Wildman–Crippen LogP) is 3.99. The summed E-state index contributed by atoms with van der Waals surface area (Å²) >= 11 is 7.63. The van der Waals surface area contributed by atoms with Crippen LogP contribution in [0.4, 0.5) is 0 Å². The molecule has 0 radical (unpaired) electrons. The summed E-state index contributed by atoms with van der Waals surface area (Å²) in [6.45, 7) is 5.32. The summed E-state index contributed by atoms with van der Waals surface area (Å²) in [5.74, 6) is 2.35. The van der Waals surface area contributed by atoms with Crippen LogP contribution >= 0.6 is 47.3 Å². The van der Waals surface area contributed by atoms with Crippen molar-refractivity contribution in [3.63, 3.8) is 0 Å². The summed E-state index contributed by atoms with van der Waals surface area (Å²) in [5, 5.41) is 11.2. The highest BCUT2D eigenvalue weighted by molar-refractivity contribution is 14.0. The van der Waals surface area contributed by atoms with Gasteiger partial charge in [0.25, 0.3) is 0 Å². The Bertz CT molecular complexity index is 812. The number of likely N-dealkylation sites (N-methyl/N-ethyl adjacent to an activating group) is 1. The van der Waals surface area contributed by atoms with Gasteiger partial charge in [-0.15, -0.1) is 35.7 Å². The molecular weight excluding hydrogens is 537 g/mol. The lowest BCUT2D eigenvalue weighted by molar-refractivity contribution is -0.127. The minimum atomic E-state index is -0.0663. The number of aliphatic imine (C=N–C) groups is 1. The van der Waals surface area contributed by atoms with Crippen molar-refractivity contribution < 1.29 is 9.32 Å². The van der Waals surface area contributed by atoms with Crippen LogP contribution in [0.1, 0.15) is 31.2 Å². The lowest BCUT2D eigenvalue weighted by Crippen LogP contribution is -2.39. The van der Waals surface area contributed by atoms with E-state index in [1.807, 2.05) is 30.3 Å². The van der Waals surface area contributed by atoms with E-state index in [9.17, 15) is 4.79 Å². The molecule has 166 valence electrons. The van der Waals surface area contributed by atoms with Gasteiger partial charge in [0.1, 0.15) is 6.54 Å². The van der Waals surface area contributed by atoms with Gasteiger partial charge in [-0.1, -0.05) is 30.6 Å².